The molecule has 1 saturated heterocycles. The van der Waals surface area contributed by atoms with Crippen molar-refractivity contribution in [1.29, 1.82) is 0 Å². The molecule has 6 heteroatoms. The van der Waals surface area contributed by atoms with E-state index in [0.717, 1.165) is 18.4 Å². The van der Waals surface area contributed by atoms with Gasteiger partial charge in [0.05, 0.1) is 11.5 Å². The van der Waals surface area contributed by atoms with Crippen molar-refractivity contribution in [2.75, 3.05) is 19.8 Å². The van der Waals surface area contributed by atoms with Crippen molar-refractivity contribution in [2.45, 2.75) is 30.1 Å². The van der Waals surface area contributed by atoms with Gasteiger partial charge in [0.2, 0.25) is 0 Å². The van der Waals surface area contributed by atoms with Crippen LogP contribution in [0.4, 0.5) is 0 Å². The van der Waals surface area contributed by atoms with E-state index in [4.69, 9.17) is 8.92 Å². The van der Waals surface area contributed by atoms with Crippen LogP contribution in [0.15, 0.2) is 46.7 Å². The highest BCUT2D eigenvalue weighted by Crippen LogP contribution is 2.38. The lowest BCUT2D eigenvalue weighted by atomic mass is 9.80. The zero-order valence-electron chi connectivity index (χ0n) is 13.0. The van der Waals surface area contributed by atoms with Crippen LogP contribution in [-0.4, -0.2) is 28.2 Å². The molecule has 0 atom stereocenters. The lowest BCUT2D eigenvalue weighted by Crippen LogP contribution is -2.38. The fraction of sp³-hybridized carbons (Fsp3) is 0.412. The van der Waals surface area contributed by atoms with E-state index in [1.54, 1.807) is 35.6 Å². The van der Waals surface area contributed by atoms with Gasteiger partial charge in [0.1, 0.15) is 0 Å². The molecule has 4 nitrogen and oxygen atoms in total. The van der Waals surface area contributed by atoms with Crippen LogP contribution in [0.3, 0.4) is 0 Å². The van der Waals surface area contributed by atoms with Gasteiger partial charge in [-0.15, -0.1) is 11.3 Å². The highest BCUT2D eigenvalue weighted by atomic mass is 32.2. The molecule has 1 fully saturated rings. The average molecular weight is 352 g/mol. The third kappa shape index (κ3) is 3.66. The van der Waals surface area contributed by atoms with Gasteiger partial charge in [0.25, 0.3) is 10.1 Å². The second-order valence-electron chi connectivity index (χ2n) is 5.90. The maximum Gasteiger partial charge on any atom is 0.297 e. The van der Waals surface area contributed by atoms with Crippen LogP contribution < -0.4 is 0 Å². The summed E-state index contributed by atoms with van der Waals surface area (Å²) in [4.78, 5) is 1.37. The van der Waals surface area contributed by atoms with E-state index in [1.807, 2.05) is 18.4 Å². The molecule has 2 heterocycles. The summed E-state index contributed by atoms with van der Waals surface area (Å²) in [5, 5.41) is 2.01. The normalized spacial score (nSPS) is 18.0. The zero-order chi connectivity index (χ0) is 16.3. The average Bonchev–Trinajstić information content (AvgIpc) is 3.10. The van der Waals surface area contributed by atoms with Gasteiger partial charge in [-0.2, -0.15) is 8.42 Å². The molecule has 0 spiro atoms. The Kier molecular flexibility index (Phi) is 4.87. The van der Waals surface area contributed by atoms with Gasteiger partial charge in [-0.25, -0.2) is 0 Å². The molecule has 1 aliphatic heterocycles. The Morgan fingerprint density at radius 1 is 1.17 bits per heavy atom. The summed E-state index contributed by atoms with van der Waals surface area (Å²) in [5.74, 6) is 0. The van der Waals surface area contributed by atoms with Gasteiger partial charge in [-0.3, -0.25) is 4.18 Å². The van der Waals surface area contributed by atoms with E-state index in [-0.39, 0.29) is 16.9 Å². The van der Waals surface area contributed by atoms with Crippen LogP contribution in [0.25, 0.3) is 0 Å². The third-order valence-corrected chi connectivity index (χ3v) is 6.69. The van der Waals surface area contributed by atoms with Crippen LogP contribution in [0.5, 0.6) is 0 Å². The maximum absolute atomic E-state index is 12.4. The van der Waals surface area contributed by atoms with Crippen LogP contribution in [-0.2, 0) is 24.5 Å². The smallest absolute Gasteiger partial charge is 0.297 e. The minimum absolute atomic E-state index is 0.160. The van der Waals surface area contributed by atoms with Crippen LogP contribution >= 0.6 is 11.3 Å². The Bertz CT molecular complexity index is 727. The predicted octanol–water partition coefficient (Wildman–Crippen LogP) is 3.51. The minimum Gasteiger partial charge on any atom is -0.381 e. The topological polar surface area (TPSA) is 52.6 Å². The summed E-state index contributed by atoms with van der Waals surface area (Å²) in [6.45, 7) is 3.34. The summed E-state index contributed by atoms with van der Waals surface area (Å²) in [5.41, 5.74) is 0.743. The van der Waals surface area contributed by atoms with E-state index in [2.05, 4.69) is 6.07 Å². The fourth-order valence-electron chi connectivity index (χ4n) is 2.77. The first-order chi connectivity index (χ1) is 11.0. The number of hydrogen-bond donors (Lipinski definition) is 0. The van der Waals surface area contributed by atoms with E-state index in [0.29, 0.717) is 13.2 Å². The molecule has 0 saturated carbocycles. The monoisotopic (exact) mass is 352 g/mol. The van der Waals surface area contributed by atoms with Crippen molar-refractivity contribution in [1.82, 2.24) is 0 Å². The first kappa shape index (κ1) is 16.6. The summed E-state index contributed by atoms with van der Waals surface area (Å²) in [7, 11) is -3.74. The van der Waals surface area contributed by atoms with Gasteiger partial charge in [-0.05, 0) is 43.3 Å². The summed E-state index contributed by atoms with van der Waals surface area (Å²) < 4.78 is 35.8. The number of ether oxygens (including phenoxy) is 1. The Morgan fingerprint density at radius 3 is 2.48 bits per heavy atom. The van der Waals surface area contributed by atoms with E-state index in [1.165, 1.54) is 4.88 Å². The number of aryl methyl sites for hydroxylation is 1. The predicted molar refractivity (Wildman–Crippen MR) is 90.4 cm³/mol. The number of benzene rings is 1. The largest absolute Gasteiger partial charge is 0.381 e. The molecule has 0 unspecified atom stereocenters. The van der Waals surface area contributed by atoms with Crippen molar-refractivity contribution in [3.05, 3.63) is 52.2 Å². The SMILES string of the molecule is Cc1ccc(S(=O)(=O)OCC2(c3cccs3)CCOCC2)cc1. The molecule has 0 N–H and O–H groups in total. The lowest BCUT2D eigenvalue weighted by molar-refractivity contribution is 0.0327. The van der Waals surface area contributed by atoms with Gasteiger partial charge < -0.3 is 4.74 Å². The number of hydrogen-bond acceptors (Lipinski definition) is 5. The second kappa shape index (κ2) is 6.73. The van der Waals surface area contributed by atoms with Gasteiger partial charge in [0, 0.05) is 23.5 Å². The Labute approximate surface area is 141 Å². The zero-order valence-corrected chi connectivity index (χ0v) is 14.7. The first-order valence-corrected chi connectivity index (χ1v) is 9.89. The van der Waals surface area contributed by atoms with Gasteiger partial charge in [-0.1, -0.05) is 23.8 Å². The number of rotatable bonds is 5. The summed E-state index contributed by atoms with van der Waals surface area (Å²) in [6.07, 6.45) is 1.55. The second-order valence-corrected chi connectivity index (χ2v) is 8.46. The molecule has 1 aromatic carbocycles. The van der Waals surface area contributed by atoms with Crippen LogP contribution in [0.1, 0.15) is 23.3 Å². The molecule has 3 rings (SSSR count). The molecule has 1 aromatic heterocycles. The highest BCUT2D eigenvalue weighted by Gasteiger charge is 2.37. The van der Waals surface area contributed by atoms with Gasteiger partial charge in [0.15, 0.2) is 0 Å². The van der Waals surface area contributed by atoms with E-state index in [9.17, 15) is 8.42 Å². The molecule has 2 aromatic rings. The fourth-order valence-corrected chi connectivity index (χ4v) is 4.73. The molecular weight excluding hydrogens is 332 g/mol. The molecule has 0 radical (unpaired) electrons. The van der Waals surface area contributed by atoms with Crippen molar-refractivity contribution in [3.8, 4) is 0 Å². The third-order valence-electron chi connectivity index (χ3n) is 4.29. The van der Waals surface area contributed by atoms with Crippen LogP contribution in [0.2, 0.25) is 0 Å². The Hall–Kier alpha value is -1.21. The van der Waals surface area contributed by atoms with Gasteiger partial charge >= 0.3 is 0 Å². The molecule has 0 aliphatic carbocycles. The summed E-state index contributed by atoms with van der Waals surface area (Å²) in [6, 6.07) is 10.8. The molecule has 0 amide bonds. The highest BCUT2D eigenvalue weighted by molar-refractivity contribution is 7.86. The number of thiophene rings is 1. The standard InChI is InChI=1S/C17H20O4S2/c1-14-4-6-15(7-5-14)23(18,19)21-13-17(8-10-20-11-9-17)16-3-2-12-22-16/h2-7,12H,8-11,13H2,1H3. The summed E-state index contributed by atoms with van der Waals surface area (Å²) >= 11 is 1.65. The lowest BCUT2D eigenvalue weighted by Gasteiger charge is -2.35. The van der Waals surface area contributed by atoms with E-state index >= 15 is 0 Å². The quantitative estimate of drug-likeness (QED) is 0.773. The first-order valence-electron chi connectivity index (χ1n) is 7.60. The molecule has 23 heavy (non-hydrogen) atoms. The van der Waals surface area contributed by atoms with Crippen molar-refractivity contribution >= 4 is 21.5 Å². The minimum atomic E-state index is -3.74. The van der Waals surface area contributed by atoms with Crippen molar-refractivity contribution in [3.63, 3.8) is 0 Å². The molecule has 124 valence electrons. The molecular formula is C17H20O4S2. The van der Waals surface area contributed by atoms with Crippen molar-refractivity contribution < 1.29 is 17.3 Å². The molecule has 1 aliphatic rings. The molecule has 0 bridgehead atoms. The Morgan fingerprint density at radius 2 is 1.87 bits per heavy atom. The van der Waals surface area contributed by atoms with E-state index < -0.39 is 10.1 Å². The maximum atomic E-state index is 12.4. The Balaban J connectivity index is 1.80. The van der Waals surface area contributed by atoms with Crippen LogP contribution in [0, 0.1) is 6.92 Å². The van der Waals surface area contributed by atoms with Crippen molar-refractivity contribution in [2.24, 2.45) is 0 Å².